The molecule has 0 unspecified atom stereocenters. The molecule has 0 spiro atoms. The topological polar surface area (TPSA) is 105 Å². The molecule has 0 aliphatic carbocycles. The van der Waals surface area contributed by atoms with Crippen molar-refractivity contribution in [2.75, 3.05) is 44.3 Å². The number of piperazine rings is 1. The Hall–Kier alpha value is -4.03. The molecule has 3 N–H and O–H groups in total. The first-order valence-electron chi connectivity index (χ1n) is 12.5. The normalized spacial score (nSPS) is 15.1. The smallest absolute Gasteiger partial charge is 0.368 e. The number of likely N-dealkylation sites (N-methyl/N-ethyl adjacent to an activating group) is 1. The molecule has 1 amide bonds. The average Bonchev–Trinajstić information content (AvgIpc) is 3.24. The van der Waals surface area contributed by atoms with Crippen molar-refractivity contribution in [3.05, 3.63) is 65.4 Å². The highest BCUT2D eigenvalue weighted by Crippen LogP contribution is 2.34. The first kappa shape index (κ1) is 26.6. The molecule has 2 aromatic heterocycles. The van der Waals surface area contributed by atoms with Crippen LogP contribution in [0.4, 0.5) is 24.9 Å². The molecule has 12 heteroatoms. The standard InChI is InChI=1S/C27H29F3N8O/c1-36-7-9-38(10-8-36)16-19-4-3-17(11-21(19)27(28,29)30)12-25(39)34-24-14-23(37(2)35-24)18-5-6-22-20(13-18)15-32-26(31)33-22/h3-6,11,13-15H,7-10,12,16H2,1-2H3,(H2,31,32,33)(H,34,35,39). The van der Waals surface area contributed by atoms with Crippen LogP contribution in [0.5, 0.6) is 0 Å². The molecule has 9 nitrogen and oxygen atoms in total. The van der Waals surface area contributed by atoms with Crippen molar-refractivity contribution in [2.24, 2.45) is 7.05 Å². The summed E-state index contributed by atoms with van der Waals surface area (Å²) in [6, 6.07) is 11.4. The molecular weight excluding hydrogens is 509 g/mol. The van der Waals surface area contributed by atoms with Gasteiger partial charge in [-0.1, -0.05) is 18.2 Å². The number of aryl methyl sites for hydroxylation is 1. The lowest BCUT2D eigenvalue weighted by Gasteiger charge is -2.33. The van der Waals surface area contributed by atoms with Gasteiger partial charge in [-0.2, -0.15) is 18.3 Å². The predicted molar refractivity (Wildman–Crippen MR) is 143 cm³/mol. The van der Waals surface area contributed by atoms with E-state index in [1.54, 1.807) is 30.1 Å². The second kappa shape index (κ2) is 10.6. The van der Waals surface area contributed by atoms with E-state index < -0.39 is 17.6 Å². The van der Waals surface area contributed by atoms with Crippen molar-refractivity contribution in [3.63, 3.8) is 0 Å². The molecule has 3 heterocycles. The number of carbonyl (C=O) groups excluding carboxylic acids is 1. The van der Waals surface area contributed by atoms with Crippen LogP contribution < -0.4 is 11.1 Å². The van der Waals surface area contributed by atoms with Gasteiger partial charge >= 0.3 is 6.18 Å². The summed E-state index contributed by atoms with van der Waals surface area (Å²) in [6.07, 6.45) is -3.09. The molecule has 2 aromatic carbocycles. The summed E-state index contributed by atoms with van der Waals surface area (Å²) in [5.41, 5.74) is 7.71. The first-order valence-corrected chi connectivity index (χ1v) is 12.5. The first-order chi connectivity index (χ1) is 18.5. The Labute approximate surface area is 223 Å². The van der Waals surface area contributed by atoms with Crippen LogP contribution in [-0.2, 0) is 31.0 Å². The van der Waals surface area contributed by atoms with Crippen LogP contribution in [0, 0.1) is 0 Å². The lowest BCUT2D eigenvalue weighted by Crippen LogP contribution is -2.44. The Morgan fingerprint density at radius 3 is 2.56 bits per heavy atom. The number of carbonyl (C=O) groups is 1. The number of hydrogen-bond donors (Lipinski definition) is 2. The van der Waals surface area contributed by atoms with E-state index >= 15 is 0 Å². The maximum atomic E-state index is 13.9. The monoisotopic (exact) mass is 538 g/mol. The van der Waals surface area contributed by atoms with E-state index in [0.717, 1.165) is 35.8 Å². The number of nitrogens with one attached hydrogen (secondary N) is 1. The SMILES string of the molecule is CN1CCN(Cc2ccc(CC(=O)Nc3cc(-c4ccc5nc(N)ncc5c4)n(C)n3)cc2C(F)(F)F)CC1. The van der Waals surface area contributed by atoms with Gasteiger partial charge in [-0.3, -0.25) is 14.4 Å². The Bertz CT molecular complexity index is 1510. The maximum absolute atomic E-state index is 13.9. The van der Waals surface area contributed by atoms with Gasteiger partial charge in [0.15, 0.2) is 5.82 Å². The van der Waals surface area contributed by atoms with Crippen molar-refractivity contribution in [1.29, 1.82) is 0 Å². The Morgan fingerprint density at radius 2 is 1.82 bits per heavy atom. The quantitative estimate of drug-likeness (QED) is 0.387. The molecule has 1 aliphatic heterocycles. The number of hydrogen-bond acceptors (Lipinski definition) is 7. The van der Waals surface area contributed by atoms with Gasteiger partial charge in [-0.05, 0) is 36.4 Å². The summed E-state index contributed by atoms with van der Waals surface area (Å²) in [7, 11) is 3.74. The van der Waals surface area contributed by atoms with E-state index in [1.807, 2.05) is 30.1 Å². The minimum Gasteiger partial charge on any atom is -0.368 e. The van der Waals surface area contributed by atoms with Crippen molar-refractivity contribution < 1.29 is 18.0 Å². The summed E-state index contributed by atoms with van der Waals surface area (Å²) < 4.78 is 43.3. The highest BCUT2D eigenvalue weighted by molar-refractivity contribution is 5.92. The lowest BCUT2D eigenvalue weighted by atomic mass is 10.0. The van der Waals surface area contributed by atoms with Crippen LogP contribution >= 0.6 is 0 Å². The highest BCUT2D eigenvalue weighted by Gasteiger charge is 2.34. The van der Waals surface area contributed by atoms with Gasteiger partial charge in [0, 0.05) is 63.0 Å². The Morgan fingerprint density at radius 1 is 1.05 bits per heavy atom. The van der Waals surface area contributed by atoms with E-state index in [-0.39, 0.29) is 30.0 Å². The number of alkyl halides is 3. The third kappa shape index (κ3) is 6.18. The molecule has 4 aromatic rings. The number of fused-ring (bicyclic) bond motifs is 1. The van der Waals surface area contributed by atoms with Crippen LogP contribution in [0.3, 0.4) is 0 Å². The number of halogens is 3. The van der Waals surface area contributed by atoms with Crippen LogP contribution in [0.15, 0.2) is 48.7 Å². The fourth-order valence-electron chi connectivity index (χ4n) is 4.76. The van der Waals surface area contributed by atoms with Gasteiger partial charge in [0.2, 0.25) is 11.9 Å². The minimum atomic E-state index is -4.51. The van der Waals surface area contributed by atoms with Crippen LogP contribution in [0.1, 0.15) is 16.7 Å². The second-order valence-electron chi connectivity index (χ2n) is 9.83. The van der Waals surface area contributed by atoms with Crippen molar-refractivity contribution in [2.45, 2.75) is 19.1 Å². The number of nitrogens with two attached hydrogens (primary N) is 1. The number of benzene rings is 2. The van der Waals surface area contributed by atoms with E-state index in [4.69, 9.17) is 5.73 Å². The number of aromatic nitrogens is 4. The largest absolute Gasteiger partial charge is 0.416 e. The number of rotatable bonds is 6. The maximum Gasteiger partial charge on any atom is 0.416 e. The summed E-state index contributed by atoms with van der Waals surface area (Å²) in [4.78, 5) is 25.1. The summed E-state index contributed by atoms with van der Waals surface area (Å²) >= 11 is 0. The molecule has 0 radical (unpaired) electrons. The van der Waals surface area contributed by atoms with Gasteiger partial charge in [0.05, 0.1) is 23.2 Å². The van der Waals surface area contributed by atoms with E-state index in [9.17, 15) is 18.0 Å². The molecule has 1 aliphatic rings. The molecular formula is C27H29F3N8O. The molecule has 0 bridgehead atoms. The molecule has 1 saturated heterocycles. The summed E-state index contributed by atoms with van der Waals surface area (Å²) in [5, 5.41) is 7.85. The van der Waals surface area contributed by atoms with Crippen molar-refractivity contribution >= 4 is 28.6 Å². The summed E-state index contributed by atoms with van der Waals surface area (Å²) in [5.74, 6) is 0.0312. The Kier molecular flexibility index (Phi) is 7.23. The van der Waals surface area contributed by atoms with Crippen LogP contribution in [-0.4, -0.2) is 68.7 Å². The zero-order valence-corrected chi connectivity index (χ0v) is 21.7. The van der Waals surface area contributed by atoms with Crippen LogP contribution in [0.25, 0.3) is 22.2 Å². The molecule has 0 atom stereocenters. The fourth-order valence-corrected chi connectivity index (χ4v) is 4.76. The minimum absolute atomic E-state index is 0.188. The van der Waals surface area contributed by atoms with E-state index in [2.05, 4.69) is 25.3 Å². The number of amides is 1. The Balaban J connectivity index is 1.29. The fraction of sp³-hybridized carbons (Fsp3) is 0.333. The van der Waals surface area contributed by atoms with E-state index in [1.165, 1.54) is 6.07 Å². The zero-order chi connectivity index (χ0) is 27.7. The number of anilines is 2. The third-order valence-corrected chi connectivity index (χ3v) is 6.88. The highest BCUT2D eigenvalue weighted by atomic mass is 19.4. The molecule has 5 rings (SSSR count). The molecule has 204 valence electrons. The zero-order valence-electron chi connectivity index (χ0n) is 21.7. The van der Waals surface area contributed by atoms with Crippen molar-refractivity contribution in [3.8, 4) is 11.3 Å². The van der Waals surface area contributed by atoms with Gasteiger partial charge in [-0.15, -0.1) is 0 Å². The predicted octanol–water partition coefficient (Wildman–Crippen LogP) is 3.56. The molecule has 39 heavy (non-hydrogen) atoms. The van der Waals surface area contributed by atoms with Gasteiger partial charge in [0.25, 0.3) is 0 Å². The number of nitrogens with zero attached hydrogens (tertiary/aromatic N) is 6. The second-order valence-corrected chi connectivity index (χ2v) is 9.83. The van der Waals surface area contributed by atoms with Gasteiger partial charge in [0.1, 0.15) is 0 Å². The van der Waals surface area contributed by atoms with Gasteiger partial charge < -0.3 is 16.0 Å². The van der Waals surface area contributed by atoms with E-state index in [0.29, 0.717) is 24.4 Å². The number of nitrogen functional groups attached to an aromatic ring is 1. The van der Waals surface area contributed by atoms with Crippen molar-refractivity contribution in [1.82, 2.24) is 29.5 Å². The molecule has 1 fully saturated rings. The third-order valence-electron chi connectivity index (χ3n) is 6.88. The van der Waals surface area contributed by atoms with Crippen LogP contribution in [0.2, 0.25) is 0 Å². The lowest BCUT2D eigenvalue weighted by molar-refractivity contribution is -0.138. The molecule has 0 saturated carbocycles. The summed E-state index contributed by atoms with van der Waals surface area (Å²) in [6.45, 7) is 3.29. The van der Waals surface area contributed by atoms with Gasteiger partial charge in [-0.25, -0.2) is 9.97 Å². The average molecular weight is 539 g/mol.